The molecule has 0 aliphatic carbocycles. The number of nitrogens with two attached hydrogens (primary N) is 1. The summed E-state index contributed by atoms with van der Waals surface area (Å²) >= 11 is 0. The van der Waals surface area contributed by atoms with Crippen LogP contribution < -0.4 is 5.73 Å². The number of likely N-dealkylation sites (N-methyl/N-ethyl adjacent to an activating group) is 1. The predicted octanol–water partition coefficient (Wildman–Crippen LogP) is 3.39. The van der Waals surface area contributed by atoms with Crippen LogP contribution in [0.3, 0.4) is 0 Å². The Morgan fingerprint density at radius 3 is 2.24 bits per heavy atom. The molecule has 0 spiro atoms. The van der Waals surface area contributed by atoms with Crippen molar-refractivity contribution < 1.29 is 0 Å². The second-order valence-electron chi connectivity index (χ2n) is 5.81. The van der Waals surface area contributed by atoms with Gasteiger partial charge in [-0.25, -0.2) is 0 Å². The van der Waals surface area contributed by atoms with Crippen LogP contribution in [0.15, 0.2) is 54.6 Å². The molecule has 0 bridgehead atoms. The van der Waals surface area contributed by atoms with E-state index in [0.717, 1.165) is 19.4 Å². The van der Waals surface area contributed by atoms with Crippen LogP contribution in [0.2, 0.25) is 0 Å². The Hall–Kier alpha value is -1.64. The highest BCUT2D eigenvalue weighted by Gasteiger charge is 2.13. The van der Waals surface area contributed by atoms with Crippen molar-refractivity contribution in [3.05, 3.63) is 71.3 Å². The third-order valence-electron chi connectivity index (χ3n) is 4.06. The summed E-state index contributed by atoms with van der Waals surface area (Å²) in [4.78, 5) is 2.37. The molecular formula is C19H26N2. The minimum Gasteiger partial charge on any atom is -0.329 e. The maximum Gasteiger partial charge on any atom is 0.0234 e. The Balaban J connectivity index is 1.89. The zero-order valence-electron chi connectivity index (χ0n) is 13.1. The van der Waals surface area contributed by atoms with E-state index in [9.17, 15) is 0 Å². The first kappa shape index (κ1) is 15.7. The first-order valence-corrected chi connectivity index (χ1v) is 7.69. The molecule has 2 rings (SSSR count). The van der Waals surface area contributed by atoms with Gasteiger partial charge >= 0.3 is 0 Å². The van der Waals surface area contributed by atoms with Crippen LogP contribution in [0.25, 0.3) is 0 Å². The van der Waals surface area contributed by atoms with Crippen molar-refractivity contribution in [3.63, 3.8) is 0 Å². The largest absolute Gasteiger partial charge is 0.329 e. The fourth-order valence-electron chi connectivity index (χ4n) is 2.61. The lowest BCUT2D eigenvalue weighted by molar-refractivity contribution is 0.227. The lowest BCUT2D eigenvalue weighted by Crippen LogP contribution is -2.37. The monoisotopic (exact) mass is 282 g/mol. The van der Waals surface area contributed by atoms with Crippen molar-refractivity contribution in [2.75, 3.05) is 13.6 Å². The van der Waals surface area contributed by atoms with Crippen molar-refractivity contribution in [3.8, 4) is 0 Å². The van der Waals surface area contributed by atoms with Gasteiger partial charge in [0.1, 0.15) is 0 Å². The van der Waals surface area contributed by atoms with Gasteiger partial charge in [-0.15, -0.1) is 0 Å². The molecule has 0 saturated carbocycles. The Kier molecular flexibility index (Phi) is 5.97. The van der Waals surface area contributed by atoms with Crippen molar-refractivity contribution >= 4 is 0 Å². The maximum atomic E-state index is 5.97. The Morgan fingerprint density at radius 2 is 1.62 bits per heavy atom. The second-order valence-corrected chi connectivity index (χ2v) is 5.81. The lowest BCUT2D eigenvalue weighted by atomic mass is 10.0. The normalized spacial score (nSPS) is 12.6. The smallest absolute Gasteiger partial charge is 0.0234 e. The van der Waals surface area contributed by atoms with E-state index in [0.29, 0.717) is 12.6 Å². The van der Waals surface area contributed by atoms with E-state index in [4.69, 9.17) is 5.73 Å². The first-order chi connectivity index (χ1) is 10.2. The first-order valence-electron chi connectivity index (χ1n) is 7.69. The molecule has 1 atom stereocenters. The molecule has 0 aliphatic heterocycles. The molecule has 0 amide bonds. The van der Waals surface area contributed by atoms with Crippen LogP contribution in [0.1, 0.15) is 23.1 Å². The van der Waals surface area contributed by atoms with Gasteiger partial charge in [0.05, 0.1) is 0 Å². The van der Waals surface area contributed by atoms with Gasteiger partial charge in [0.15, 0.2) is 0 Å². The standard InChI is InChI=1S/C19H26N2/c1-16-8-10-18(11-9-16)15-21(2)19(14-20)13-12-17-6-4-3-5-7-17/h3-11,19H,12-15,20H2,1-2H3. The van der Waals surface area contributed by atoms with Crippen molar-refractivity contribution in [1.82, 2.24) is 4.90 Å². The van der Waals surface area contributed by atoms with Gasteiger partial charge in [0.25, 0.3) is 0 Å². The average Bonchev–Trinajstić information content (AvgIpc) is 2.51. The molecule has 0 heterocycles. The molecule has 0 radical (unpaired) electrons. The van der Waals surface area contributed by atoms with E-state index in [1.54, 1.807) is 0 Å². The van der Waals surface area contributed by atoms with E-state index >= 15 is 0 Å². The van der Waals surface area contributed by atoms with E-state index in [1.165, 1.54) is 16.7 Å². The molecule has 2 aromatic carbocycles. The van der Waals surface area contributed by atoms with Gasteiger partial charge in [0, 0.05) is 19.1 Å². The molecule has 112 valence electrons. The maximum absolute atomic E-state index is 5.97. The SMILES string of the molecule is Cc1ccc(CN(C)C(CN)CCc2ccccc2)cc1. The van der Waals surface area contributed by atoms with Crippen LogP contribution in [0.4, 0.5) is 0 Å². The molecule has 0 aromatic heterocycles. The fraction of sp³-hybridized carbons (Fsp3) is 0.368. The second kappa shape index (κ2) is 7.96. The summed E-state index contributed by atoms with van der Waals surface area (Å²) in [7, 11) is 2.17. The minimum absolute atomic E-state index is 0.423. The summed E-state index contributed by atoms with van der Waals surface area (Å²) in [5.74, 6) is 0. The average molecular weight is 282 g/mol. The van der Waals surface area contributed by atoms with Crippen LogP contribution in [0.5, 0.6) is 0 Å². The number of rotatable bonds is 7. The summed E-state index contributed by atoms with van der Waals surface area (Å²) in [6.07, 6.45) is 2.18. The van der Waals surface area contributed by atoms with E-state index < -0.39 is 0 Å². The Morgan fingerprint density at radius 1 is 0.952 bits per heavy atom. The number of aryl methyl sites for hydroxylation is 2. The molecule has 21 heavy (non-hydrogen) atoms. The molecule has 1 unspecified atom stereocenters. The summed E-state index contributed by atoms with van der Waals surface area (Å²) in [6.45, 7) is 3.78. The predicted molar refractivity (Wildman–Crippen MR) is 90.3 cm³/mol. The highest BCUT2D eigenvalue weighted by atomic mass is 15.1. The minimum atomic E-state index is 0.423. The van der Waals surface area contributed by atoms with Gasteiger partial charge in [-0.1, -0.05) is 60.2 Å². The molecule has 0 fully saturated rings. The Bertz CT molecular complexity index is 519. The third kappa shape index (κ3) is 5.00. The molecule has 2 N–H and O–H groups in total. The van der Waals surface area contributed by atoms with E-state index in [2.05, 4.69) is 73.5 Å². The molecule has 2 nitrogen and oxygen atoms in total. The van der Waals surface area contributed by atoms with Gasteiger partial charge in [-0.2, -0.15) is 0 Å². The number of hydrogen-bond acceptors (Lipinski definition) is 2. The van der Waals surface area contributed by atoms with E-state index in [1.807, 2.05) is 0 Å². The summed E-state index contributed by atoms with van der Waals surface area (Å²) in [5.41, 5.74) is 10.0. The quantitative estimate of drug-likeness (QED) is 0.843. The number of hydrogen-bond donors (Lipinski definition) is 1. The molecule has 2 heteroatoms. The summed E-state index contributed by atoms with van der Waals surface area (Å²) < 4.78 is 0. The number of nitrogens with zero attached hydrogens (tertiary/aromatic N) is 1. The zero-order chi connectivity index (χ0) is 15.1. The Labute approximate surface area is 128 Å². The molecular weight excluding hydrogens is 256 g/mol. The lowest BCUT2D eigenvalue weighted by Gasteiger charge is -2.27. The highest BCUT2D eigenvalue weighted by molar-refractivity contribution is 5.21. The van der Waals surface area contributed by atoms with Crippen LogP contribution in [0, 0.1) is 6.92 Å². The highest BCUT2D eigenvalue weighted by Crippen LogP contribution is 2.12. The third-order valence-corrected chi connectivity index (χ3v) is 4.06. The topological polar surface area (TPSA) is 29.3 Å². The van der Waals surface area contributed by atoms with E-state index in [-0.39, 0.29) is 0 Å². The van der Waals surface area contributed by atoms with Crippen molar-refractivity contribution in [2.24, 2.45) is 5.73 Å². The molecule has 0 aliphatic rings. The van der Waals surface area contributed by atoms with Gasteiger partial charge < -0.3 is 5.73 Å². The molecule has 0 saturated heterocycles. The summed E-state index contributed by atoms with van der Waals surface area (Å²) in [6, 6.07) is 19.8. The van der Waals surface area contributed by atoms with Gasteiger partial charge in [-0.3, -0.25) is 4.90 Å². The zero-order valence-corrected chi connectivity index (χ0v) is 13.1. The van der Waals surface area contributed by atoms with Gasteiger partial charge in [-0.05, 0) is 37.9 Å². The van der Waals surface area contributed by atoms with Gasteiger partial charge in [0.2, 0.25) is 0 Å². The van der Waals surface area contributed by atoms with Crippen LogP contribution in [-0.4, -0.2) is 24.5 Å². The summed E-state index contributed by atoms with van der Waals surface area (Å²) in [5, 5.41) is 0. The van der Waals surface area contributed by atoms with Crippen LogP contribution >= 0.6 is 0 Å². The molecule has 2 aromatic rings. The number of benzene rings is 2. The van der Waals surface area contributed by atoms with Crippen molar-refractivity contribution in [1.29, 1.82) is 0 Å². The van der Waals surface area contributed by atoms with Crippen molar-refractivity contribution in [2.45, 2.75) is 32.4 Å². The fourth-order valence-corrected chi connectivity index (χ4v) is 2.61. The van der Waals surface area contributed by atoms with Crippen LogP contribution in [-0.2, 0) is 13.0 Å².